The Balaban J connectivity index is 2.93. The van der Waals surface area contributed by atoms with Crippen molar-refractivity contribution in [1.29, 1.82) is 5.26 Å². The van der Waals surface area contributed by atoms with Crippen LogP contribution in [-0.4, -0.2) is 28.6 Å². The van der Waals surface area contributed by atoms with Crippen molar-refractivity contribution < 1.29 is 9.90 Å². The van der Waals surface area contributed by atoms with E-state index in [0.717, 1.165) is 5.56 Å². The Hall–Kier alpha value is -1.57. The maximum Gasteiger partial charge on any atom is 0.323 e. The van der Waals surface area contributed by atoms with Gasteiger partial charge in [0, 0.05) is 11.6 Å². The standard InChI is InChI=1S/C13H15ClN2O2/c1-13(2,12(17)18)16(3)8-10-5-4-9(7-15)6-11(10)14/h4-6H,8H2,1-3H3,(H,17,18). The molecule has 0 unspecified atom stereocenters. The highest BCUT2D eigenvalue weighted by molar-refractivity contribution is 6.31. The lowest BCUT2D eigenvalue weighted by Gasteiger charge is -2.31. The van der Waals surface area contributed by atoms with Gasteiger partial charge >= 0.3 is 5.97 Å². The fraction of sp³-hybridized carbons (Fsp3) is 0.385. The molecule has 0 aromatic heterocycles. The summed E-state index contributed by atoms with van der Waals surface area (Å²) >= 11 is 6.06. The molecule has 0 bridgehead atoms. The zero-order chi connectivity index (χ0) is 13.9. The van der Waals surface area contributed by atoms with Crippen LogP contribution in [0.25, 0.3) is 0 Å². The molecule has 0 saturated heterocycles. The van der Waals surface area contributed by atoms with Crippen LogP contribution in [0.2, 0.25) is 5.02 Å². The topological polar surface area (TPSA) is 64.3 Å². The molecule has 0 saturated carbocycles. The highest BCUT2D eigenvalue weighted by atomic mass is 35.5. The summed E-state index contributed by atoms with van der Waals surface area (Å²) in [6.07, 6.45) is 0. The second-order valence-electron chi connectivity index (χ2n) is 4.64. The van der Waals surface area contributed by atoms with Gasteiger partial charge in [-0.1, -0.05) is 17.7 Å². The number of nitrogens with zero attached hydrogens (tertiary/aromatic N) is 2. The number of halogens is 1. The molecule has 4 nitrogen and oxygen atoms in total. The molecule has 0 atom stereocenters. The molecule has 1 N–H and O–H groups in total. The second-order valence-corrected chi connectivity index (χ2v) is 5.05. The molecule has 0 fully saturated rings. The average Bonchev–Trinajstić information content (AvgIpc) is 2.31. The Bertz CT molecular complexity index is 506. The number of nitriles is 1. The fourth-order valence-electron chi connectivity index (χ4n) is 1.36. The summed E-state index contributed by atoms with van der Waals surface area (Å²) in [6, 6.07) is 7.00. The minimum atomic E-state index is -0.975. The monoisotopic (exact) mass is 266 g/mol. The van der Waals surface area contributed by atoms with E-state index < -0.39 is 11.5 Å². The molecule has 1 aromatic carbocycles. The summed E-state index contributed by atoms with van der Waals surface area (Å²) < 4.78 is 0. The predicted octanol–water partition coefficient (Wildman–Crippen LogP) is 2.51. The van der Waals surface area contributed by atoms with Gasteiger partial charge in [-0.05, 0) is 38.6 Å². The van der Waals surface area contributed by atoms with Gasteiger partial charge in [0.15, 0.2) is 0 Å². The van der Waals surface area contributed by atoms with E-state index in [1.807, 2.05) is 6.07 Å². The molecule has 0 amide bonds. The van der Waals surface area contributed by atoms with E-state index in [4.69, 9.17) is 22.0 Å². The van der Waals surface area contributed by atoms with Crippen molar-refractivity contribution in [3.63, 3.8) is 0 Å². The summed E-state index contributed by atoms with van der Waals surface area (Å²) in [4.78, 5) is 12.8. The zero-order valence-corrected chi connectivity index (χ0v) is 11.3. The number of benzene rings is 1. The van der Waals surface area contributed by atoms with Gasteiger partial charge in [-0.2, -0.15) is 5.26 Å². The number of carbonyl (C=O) groups is 1. The molecule has 0 aliphatic carbocycles. The molecule has 1 rings (SSSR count). The van der Waals surface area contributed by atoms with Crippen LogP contribution in [0.3, 0.4) is 0 Å². The van der Waals surface area contributed by atoms with Gasteiger partial charge in [-0.15, -0.1) is 0 Å². The van der Waals surface area contributed by atoms with Gasteiger partial charge in [-0.25, -0.2) is 0 Å². The van der Waals surface area contributed by atoms with Crippen LogP contribution in [0.5, 0.6) is 0 Å². The molecular formula is C13H15ClN2O2. The lowest BCUT2D eigenvalue weighted by molar-refractivity contribution is -0.148. The Morgan fingerprint density at radius 2 is 2.17 bits per heavy atom. The molecule has 0 aliphatic rings. The van der Waals surface area contributed by atoms with E-state index in [1.54, 1.807) is 44.0 Å². The van der Waals surface area contributed by atoms with E-state index >= 15 is 0 Å². The van der Waals surface area contributed by atoms with Crippen molar-refractivity contribution in [2.75, 3.05) is 7.05 Å². The van der Waals surface area contributed by atoms with Gasteiger partial charge in [-0.3, -0.25) is 9.69 Å². The van der Waals surface area contributed by atoms with Gasteiger partial charge < -0.3 is 5.11 Å². The highest BCUT2D eigenvalue weighted by Crippen LogP contribution is 2.22. The number of likely N-dealkylation sites (N-methyl/N-ethyl adjacent to an activating group) is 1. The maximum absolute atomic E-state index is 11.1. The second kappa shape index (κ2) is 5.38. The zero-order valence-electron chi connectivity index (χ0n) is 10.6. The quantitative estimate of drug-likeness (QED) is 0.909. The first-order valence-electron chi connectivity index (χ1n) is 5.42. The summed E-state index contributed by atoms with van der Waals surface area (Å²) in [7, 11) is 1.72. The number of hydrogen-bond donors (Lipinski definition) is 1. The van der Waals surface area contributed by atoms with E-state index in [0.29, 0.717) is 17.1 Å². The first-order chi connectivity index (χ1) is 8.28. The first-order valence-corrected chi connectivity index (χ1v) is 5.80. The predicted molar refractivity (Wildman–Crippen MR) is 69.3 cm³/mol. The van der Waals surface area contributed by atoms with Crippen LogP contribution < -0.4 is 0 Å². The highest BCUT2D eigenvalue weighted by Gasteiger charge is 2.32. The largest absolute Gasteiger partial charge is 0.480 e. The van der Waals surface area contributed by atoms with Crippen molar-refractivity contribution in [1.82, 2.24) is 4.90 Å². The Morgan fingerprint density at radius 3 is 2.61 bits per heavy atom. The third-order valence-electron chi connectivity index (χ3n) is 3.07. The Morgan fingerprint density at radius 1 is 1.56 bits per heavy atom. The van der Waals surface area contributed by atoms with E-state index in [1.165, 1.54) is 0 Å². The van der Waals surface area contributed by atoms with Crippen LogP contribution in [0.15, 0.2) is 18.2 Å². The van der Waals surface area contributed by atoms with Gasteiger partial charge in [0.05, 0.1) is 11.6 Å². The van der Waals surface area contributed by atoms with E-state index in [9.17, 15) is 4.79 Å². The number of hydrogen-bond acceptors (Lipinski definition) is 3. The van der Waals surface area contributed by atoms with Crippen LogP contribution in [0.4, 0.5) is 0 Å². The maximum atomic E-state index is 11.1. The Labute approximate surface area is 111 Å². The van der Waals surface area contributed by atoms with Crippen molar-refractivity contribution >= 4 is 17.6 Å². The fourth-order valence-corrected chi connectivity index (χ4v) is 1.60. The van der Waals surface area contributed by atoms with Crippen molar-refractivity contribution in [3.05, 3.63) is 34.3 Å². The number of carboxylic acids is 1. The molecule has 0 radical (unpaired) electrons. The van der Waals surface area contributed by atoms with Crippen molar-refractivity contribution in [2.24, 2.45) is 0 Å². The number of aliphatic carboxylic acids is 1. The molecule has 0 aliphatic heterocycles. The van der Waals surface area contributed by atoms with Crippen LogP contribution in [0.1, 0.15) is 25.0 Å². The summed E-state index contributed by atoms with van der Waals surface area (Å²) in [5, 5.41) is 18.3. The third kappa shape index (κ3) is 3.00. The van der Waals surface area contributed by atoms with E-state index in [2.05, 4.69) is 0 Å². The molecule has 5 heteroatoms. The van der Waals surface area contributed by atoms with Crippen LogP contribution in [-0.2, 0) is 11.3 Å². The SMILES string of the molecule is CN(Cc1ccc(C#N)cc1Cl)C(C)(C)C(=O)O. The number of rotatable bonds is 4. The molecular weight excluding hydrogens is 252 g/mol. The molecule has 18 heavy (non-hydrogen) atoms. The lowest BCUT2D eigenvalue weighted by atomic mass is 10.0. The lowest BCUT2D eigenvalue weighted by Crippen LogP contribution is -2.47. The molecule has 96 valence electrons. The van der Waals surface area contributed by atoms with Crippen LogP contribution >= 0.6 is 11.6 Å². The molecule has 0 spiro atoms. The third-order valence-corrected chi connectivity index (χ3v) is 3.42. The average molecular weight is 267 g/mol. The molecule has 0 heterocycles. The Kier molecular flexibility index (Phi) is 4.33. The van der Waals surface area contributed by atoms with Crippen molar-refractivity contribution in [2.45, 2.75) is 25.9 Å². The van der Waals surface area contributed by atoms with Gasteiger partial charge in [0.25, 0.3) is 0 Å². The summed E-state index contributed by atoms with van der Waals surface area (Å²) in [6.45, 7) is 3.67. The van der Waals surface area contributed by atoms with Gasteiger partial charge in [0.1, 0.15) is 5.54 Å². The minimum absolute atomic E-state index is 0.407. The van der Waals surface area contributed by atoms with Crippen molar-refractivity contribution in [3.8, 4) is 6.07 Å². The van der Waals surface area contributed by atoms with Crippen LogP contribution in [0, 0.1) is 11.3 Å². The molecule has 1 aromatic rings. The number of carboxylic acid groups (broad SMARTS) is 1. The van der Waals surface area contributed by atoms with Gasteiger partial charge in [0.2, 0.25) is 0 Å². The van der Waals surface area contributed by atoms with E-state index in [-0.39, 0.29) is 0 Å². The summed E-state index contributed by atoms with van der Waals surface area (Å²) in [5.41, 5.74) is 0.313. The minimum Gasteiger partial charge on any atom is -0.480 e. The first kappa shape index (κ1) is 14.5. The summed E-state index contributed by atoms with van der Waals surface area (Å²) in [5.74, 6) is -0.894. The normalized spacial score (nSPS) is 11.3. The smallest absolute Gasteiger partial charge is 0.323 e.